The van der Waals surface area contributed by atoms with Crippen LogP contribution in [0.4, 0.5) is 9.18 Å². The Morgan fingerprint density at radius 2 is 1.86 bits per heavy atom. The molecular weight excluding hydrogens is 511 g/mol. The second-order valence-corrected chi connectivity index (χ2v) is 13.3. The quantitative estimate of drug-likeness (QED) is 0.401. The van der Waals surface area contributed by atoms with Gasteiger partial charge in [0.25, 0.3) is 10.1 Å². The third-order valence-electron chi connectivity index (χ3n) is 5.79. The van der Waals surface area contributed by atoms with Crippen molar-refractivity contribution in [3.05, 3.63) is 54.0 Å². The van der Waals surface area contributed by atoms with Crippen molar-refractivity contribution in [1.82, 2.24) is 8.87 Å². The van der Waals surface area contributed by atoms with Crippen molar-refractivity contribution >= 4 is 37.9 Å². The first-order valence-corrected chi connectivity index (χ1v) is 14.5. The molecule has 0 saturated heterocycles. The Kier molecular flexibility index (Phi) is 6.73. The van der Waals surface area contributed by atoms with Gasteiger partial charge < -0.3 is 4.74 Å². The van der Waals surface area contributed by atoms with Crippen molar-refractivity contribution in [2.75, 3.05) is 19.4 Å². The number of hydrogen-bond donors (Lipinski definition) is 2. The molecule has 1 aliphatic rings. The lowest BCUT2D eigenvalue weighted by molar-refractivity contribution is 0.0544. The van der Waals surface area contributed by atoms with Crippen LogP contribution in [0.3, 0.4) is 0 Å². The lowest BCUT2D eigenvalue weighted by Crippen LogP contribution is -2.28. The van der Waals surface area contributed by atoms with Gasteiger partial charge in [-0.2, -0.15) is 12.7 Å². The molecule has 1 unspecified atom stereocenters. The number of benzene rings is 2. The van der Waals surface area contributed by atoms with Crippen molar-refractivity contribution in [3.8, 4) is 11.1 Å². The Labute approximate surface area is 211 Å². The number of ether oxygens (including phenoxy) is 1. The van der Waals surface area contributed by atoms with Gasteiger partial charge in [0, 0.05) is 23.7 Å². The highest BCUT2D eigenvalue weighted by Gasteiger charge is 2.40. The molecule has 2 heterocycles. The minimum atomic E-state index is -3.67. The average Bonchev–Trinajstić information content (AvgIpc) is 3.20. The number of fused-ring (bicyclic) bond motifs is 2. The summed E-state index contributed by atoms with van der Waals surface area (Å²) in [5.74, 6) is -0.500. The van der Waals surface area contributed by atoms with Crippen LogP contribution in [0.1, 0.15) is 39.3 Å². The number of halogens is 1. The molecule has 2 N–H and O–H groups in total. The third-order valence-corrected chi connectivity index (χ3v) is 8.50. The van der Waals surface area contributed by atoms with Gasteiger partial charge in [-0.05, 0) is 69.2 Å². The van der Waals surface area contributed by atoms with E-state index in [9.17, 15) is 26.7 Å². The molecule has 1 aromatic heterocycles. The Hall–Kier alpha value is -2.48. The van der Waals surface area contributed by atoms with Crippen LogP contribution in [-0.4, -0.2) is 57.5 Å². The highest BCUT2D eigenvalue weighted by atomic mass is 32.3. The third kappa shape index (κ3) is 5.15. The van der Waals surface area contributed by atoms with Gasteiger partial charge in [-0.3, -0.25) is 17.9 Å². The van der Waals surface area contributed by atoms with Crippen molar-refractivity contribution in [1.29, 1.82) is 0 Å². The van der Waals surface area contributed by atoms with Gasteiger partial charge in [-0.25, -0.2) is 9.18 Å². The van der Waals surface area contributed by atoms with E-state index >= 15 is 0 Å². The van der Waals surface area contributed by atoms with Gasteiger partial charge in [-0.1, -0.05) is 6.07 Å². The molecule has 12 heteroatoms. The van der Waals surface area contributed by atoms with E-state index in [4.69, 9.17) is 8.92 Å². The Morgan fingerprint density at radius 1 is 1.17 bits per heavy atom. The van der Waals surface area contributed by atoms with Gasteiger partial charge in [0.2, 0.25) is 0 Å². The van der Waals surface area contributed by atoms with E-state index in [-0.39, 0.29) is 13.2 Å². The molecule has 1 aliphatic heterocycles. The summed E-state index contributed by atoms with van der Waals surface area (Å²) in [7, 11) is -7.03. The molecule has 0 saturated carbocycles. The first kappa shape index (κ1) is 26.6. The van der Waals surface area contributed by atoms with Gasteiger partial charge in [0.15, 0.2) is 0 Å². The van der Waals surface area contributed by atoms with E-state index in [0.717, 1.165) is 6.26 Å². The van der Waals surface area contributed by atoms with Crippen molar-refractivity contribution in [2.45, 2.75) is 44.2 Å². The first-order chi connectivity index (χ1) is 16.6. The monoisotopic (exact) mass is 540 g/mol. The first-order valence-electron chi connectivity index (χ1n) is 11.2. The van der Waals surface area contributed by atoms with E-state index in [1.54, 1.807) is 58.2 Å². The van der Waals surface area contributed by atoms with Crippen LogP contribution in [0.15, 0.2) is 47.5 Å². The van der Waals surface area contributed by atoms with Crippen LogP contribution in [0, 0.1) is 5.82 Å². The molecule has 2 aromatic carbocycles. The highest BCUT2D eigenvalue weighted by molar-refractivity contribution is 8.22. The molecule has 4 rings (SSSR count). The zero-order valence-corrected chi connectivity index (χ0v) is 22.2. The summed E-state index contributed by atoms with van der Waals surface area (Å²) < 4.78 is 71.5. The van der Waals surface area contributed by atoms with Crippen molar-refractivity contribution in [2.24, 2.45) is 0 Å². The van der Waals surface area contributed by atoms with E-state index in [1.807, 2.05) is 0 Å². The molecule has 0 radical (unpaired) electrons. The van der Waals surface area contributed by atoms with Crippen molar-refractivity contribution < 1.29 is 35.6 Å². The Morgan fingerprint density at radius 3 is 2.50 bits per heavy atom. The molecule has 0 fully saturated rings. The summed E-state index contributed by atoms with van der Waals surface area (Å²) in [4.78, 5) is 13.2. The largest absolute Gasteiger partial charge is 0.443 e. The predicted molar refractivity (Wildman–Crippen MR) is 136 cm³/mol. The smallest absolute Gasteiger partial charge is 0.419 e. The van der Waals surface area contributed by atoms with Crippen molar-refractivity contribution in [3.63, 3.8) is 0 Å². The number of nitrogens with zero attached hydrogens (tertiary/aromatic N) is 2. The second kappa shape index (κ2) is 9.12. The SMILES string of the molecule is CC1c2cc(-c3cn(C(=O)OC(C)(C)C)c4cc(F)ccc34)ccc2S(O)(O)N1CCOS(C)(=O)=O. The van der Waals surface area contributed by atoms with E-state index in [2.05, 4.69) is 0 Å². The van der Waals surface area contributed by atoms with Crippen LogP contribution >= 0.6 is 10.8 Å². The molecule has 0 aliphatic carbocycles. The van der Waals surface area contributed by atoms with E-state index in [0.29, 0.717) is 32.5 Å². The molecule has 1 atom stereocenters. The fraction of sp³-hybridized carbons (Fsp3) is 0.375. The van der Waals surface area contributed by atoms with Crippen LogP contribution in [0.5, 0.6) is 0 Å². The average molecular weight is 541 g/mol. The van der Waals surface area contributed by atoms with Gasteiger partial charge in [-0.15, -0.1) is 10.8 Å². The number of carbonyl (C=O) groups is 1. The number of aromatic nitrogens is 1. The van der Waals surface area contributed by atoms with Crippen LogP contribution in [0.25, 0.3) is 22.0 Å². The van der Waals surface area contributed by atoms with Crippen LogP contribution < -0.4 is 0 Å². The minimum Gasteiger partial charge on any atom is -0.443 e. The molecule has 0 bridgehead atoms. The molecular formula is C24H29FN2O7S2. The van der Waals surface area contributed by atoms with Crippen LogP contribution in [-0.2, 0) is 19.0 Å². The second-order valence-electron chi connectivity index (χ2n) is 9.67. The lowest BCUT2D eigenvalue weighted by Gasteiger charge is -2.38. The maximum absolute atomic E-state index is 14.1. The Bertz CT molecular complexity index is 1440. The lowest BCUT2D eigenvalue weighted by atomic mass is 9.99. The summed E-state index contributed by atoms with van der Waals surface area (Å²) in [6.07, 6.45) is 1.86. The summed E-state index contributed by atoms with van der Waals surface area (Å²) in [6, 6.07) is 8.80. The zero-order chi connectivity index (χ0) is 26.6. The molecule has 9 nitrogen and oxygen atoms in total. The molecule has 36 heavy (non-hydrogen) atoms. The number of rotatable bonds is 5. The van der Waals surface area contributed by atoms with Gasteiger partial charge in [0.05, 0.1) is 29.3 Å². The maximum Gasteiger partial charge on any atom is 0.419 e. The molecule has 196 valence electrons. The summed E-state index contributed by atoms with van der Waals surface area (Å²) in [6.45, 7) is 6.76. The molecule has 3 aromatic rings. The molecule has 0 spiro atoms. The maximum atomic E-state index is 14.1. The fourth-order valence-corrected chi connectivity index (χ4v) is 6.60. The highest BCUT2D eigenvalue weighted by Crippen LogP contribution is 2.63. The Balaban J connectivity index is 1.75. The fourth-order valence-electron chi connectivity index (χ4n) is 4.29. The van der Waals surface area contributed by atoms with E-state index in [1.165, 1.54) is 21.0 Å². The minimum absolute atomic E-state index is 0.0161. The topological polar surface area (TPSA) is 118 Å². The van der Waals surface area contributed by atoms with Crippen LogP contribution in [0.2, 0.25) is 0 Å². The van der Waals surface area contributed by atoms with Gasteiger partial charge in [0.1, 0.15) is 11.4 Å². The standard InChI is InChI=1S/C24H29FN2O7S2/c1-15-19-12-16(6-9-22(19)36(31,32)27(15)10-11-33-35(5,29)30)20-14-26(23(28)34-24(2,3)4)21-13-17(25)7-8-18(20)21/h6-9,12-15,31-32H,10-11H2,1-5H3. The number of hydrogen-bond acceptors (Lipinski definition) is 8. The summed E-state index contributed by atoms with van der Waals surface area (Å²) in [5, 5.41) is 0.623. The normalized spacial score (nSPS) is 18.8. The van der Waals surface area contributed by atoms with Gasteiger partial charge >= 0.3 is 6.09 Å². The molecule has 0 amide bonds. The predicted octanol–water partition coefficient (Wildman–Crippen LogP) is 5.61. The number of carbonyl (C=O) groups excluding carboxylic acids is 1. The van der Waals surface area contributed by atoms with E-state index < -0.39 is 44.4 Å². The zero-order valence-electron chi connectivity index (χ0n) is 20.6. The summed E-state index contributed by atoms with van der Waals surface area (Å²) >= 11 is 0. The summed E-state index contributed by atoms with van der Waals surface area (Å²) in [5.41, 5.74) is 1.57.